The van der Waals surface area contributed by atoms with Crippen LogP contribution in [-0.4, -0.2) is 211 Å². The van der Waals surface area contributed by atoms with Gasteiger partial charge in [0.05, 0.1) is 132 Å². The van der Waals surface area contributed by atoms with Crippen molar-refractivity contribution in [3.63, 3.8) is 0 Å². The van der Waals surface area contributed by atoms with Crippen molar-refractivity contribution in [2.75, 3.05) is 178 Å². The Balaban J connectivity index is 1.87. The molecule has 0 aromatic rings. The molecule has 0 aromatic carbocycles. The molecule has 2 atom stereocenters. The molecule has 2 saturated heterocycles. The van der Waals surface area contributed by atoms with Crippen LogP contribution in [0.4, 0.5) is 0 Å². The maximum atomic E-state index is 12.7. The van der Waals surface area contributed by atoms with Gasteiger partial charge in [0.15, 0.2) is 0 Å². The van der Waals surface area contributed by atoms with Crippen molar-refractivity contribution < 1.29 is 89.2 Å². The minimum absolute atomic E-state index is 0.0362. The first-order valence-corrected chi connectivity index (χ1v) is 21.7. The lowest BCUT2D eigenvalue weighted by molar-refractivity contribution is -0.157. The Labute approximate surface area is 333 Å². The molecular formula is C36H68O19Si. The van der Waals surface area contributed by atoms with Crippen LogP contribution in [0.1, 0.15) is 20.8 Å². The predicted molar refractivity (Wildman–Crippen MR) is 199 cm³/mol. The Bertz CT molecular complexity index is 830. The van der Waals surface area contributed by atoms with Gasteiger partial charge in [0.25, 0.3) is 0 Å². The molecule has 2 fully saturated rings. The third-order valence-corrected chi connectivity index (χ3v) is 10.9. The number of hydrogen-bond acceptors (Lipinski definition) is 19. The van der Waals surface area contributed by atoms with Crippen LogP contribution in [0.25, 0.3) is 0 Å². The molecule has 2 aliphatic rings. The second kappa shape index (κ2) is 35.5. The van der Waals surface area contributed by atoms with Gasteiger partial charge in [-0.05, 0) is 20.8 Å². The van der Waals surface area contributed by atoms with E-state index < -0.39 is 33.0 Å². The Hall–Kier alpha value is -1.44. The molecule has 56 heavy (non-hydrogen) atoms. The molecule has 0 saturated carbocycles. The lowest BCUT2D eigenvalue weighted by Gasteiger charge is -2.31. The molecule has 0 aromatic heterocycles. The predicted octanol–water partition coefficient (Wildman–Crippen LogP) is 0.701. The first-order valence-electron chi connectivity index (χ1n) is 19.7. The normalized spacial score (nSPS) is 22.1. The van der Waals surface area contributed by atoms with Gasteiger partial charge in [-0.1, -0.05) is 0 Å². The van der Waals surface area contributed by atoms with E-state index in [1.54, 1.807) is 0 Å². The van der Waals surface area contributed by atoms with Crippen molar-refractivity contribution in [1.82, 2.24) is 0 Å². The van der Waals surface area contributed by atoms with Gasteiger partial charge in [-0.25, -0.2) is 9.59 Å². The average molecular weight is 833 g/mol. The standard InChI is InChI=1S/C36H68O19Si/c1-4-53-56(54-5-2,55-6-3)31-32(23-47-29-35(37)51-27-33-25-45-17-15-41-9-7-39-11-13-43-19-21-49-33)24-48-30-36(38)52-28-34-26-46-18-16-42-10-8-40-12-14-44-20-22-50-34/h32-34H,4-31H2,1-3H3. The average Bonchev–Trinajstić information content (AvgIpc) is 3.20. The van der Waals surface area contributed by atoms with Gasteiger partial charge in [0.2, 0.25) is 0 Å². The van der Waals surface area contributed by atoms with E-state index in [0.717, 1.165) is 0 Å². The van der Waals surface area contributed by atoms with Gasteiger partial charge >= 0.3 is 20.7 Å². The van der Waals surface area contributed by atoms with E-state index in [0.29, 0.717) is 132 Å². The summed E-state index contributed by atoms with van der Waals surface area (Å²) in [6.45, 7) is 13.1. The van der Waals surface area contributed by atoms with Gasteiger partial charge in [-0.15, -0.1) is 0 Å². The number of carbonyl (C=O) groups excluding carboxylic acids is 2. The zero-order chi connectivity index (χ0) is 40.2. The van der Waals surface area contributed by atoms with Crippen LogP contribution in [0, 0.1) is 5.92 Å². The smallest absolute Gasteiger partial charge is 0.461 e. The molecule has 2 rings (SSSR count). The summed E-state index contributed by atoms with van der Waals surface area (Å²) in [6.07, 6.45) is -1.01. The molecule has 0 bridgehead atoms. The molecule has 330 valence electrons. The maximum absolute atomic E-state index is 12.7. The van der Waals surface area contributed by atoms with Gasteiger partial charge in [-0.3, -0.25) is 0 Å². The van der Waals surface area contributed by atoms with Gasteiger partial charge in [0.1, 0.15) is 38.6 Å². The highest BCUT2D eigenvalue weighted by Crippen LogP contribution is 2.23. The molecule has 0 aliphatic carbocycles. The summed E-state index contributed by atoms with van der Waals surface area (Å²) in [5.74, 6) is -1.53. The summed E-state index contributed by atoms with van der Waals surface area (Å²) in [4.78, 5) is 25.4. The third-order valence-electron chi connectivity index (χ3n) is 7.64. The molecule has 0 N–H and O–H groups in total. The molecule has 2 unspecified atom stereocenters. The molecule has 0 radical (unpaired) electrons. The Morgan fingerprint density at radius 2 is 0.821 bits per heavy atom. The number of carbonyl (C=O) groups is 2. The van der Waals surface area contributed by atoms with E-state index in [9.17, 15) is 9.59 Å². The number of hydrogen-bond donors (Lipinski definition) is 0. The summed E-state index contributed by atoms with van der Waals surface area (Å²) >= 11 is 0. The van der Waals surface area contributed by atoms with Crippen molar-refractivity contribution in [2.45, 2.75) is 39.0 Å². The van der Waals surface area contributed by atoms with Crippen molar-refractivity contribution in [2.24, 2.45) is 5.92 Å². The summed E-state index contributed by atoms with van der Waals surface area (Å²) in [5.41, 5.74) is 0. The summed E-state index contributed by atoms with van der Waals surface area (Å²) in [7, 11) is -3.16. The highest BCUT2D eigenvalue weighted by atomic mass is 28.4. The maximum Gasteiger partial charge on any atom is 0.501 e. The van der Waals surface area contributed by atoms with E-state index in [1.807, 2.05) is 20.8 Å². The van der Waals surface area contributed by atoms with Crippen LogP contribution in [0.3, 0.4) is 0 Å². The van der Waals surface area contributed by atoms with E-state index in [1.165, 1.54) is 0 Å². The number of esters is 2. The van der Waals surface area contributed by atoms with E-state index >= 15 is 0 Å². The van der Waals surface area contributed by atoms with Gasteiger partial charge < -0.3 is 79.6 Å². The zero-order valence-electron chi connectivity index (χ0n) is 33.8. The largest absolute Gasteiger partial charge is 0.501 e. The summed E-state index contributed by atoms with van der Waals surface area (Å²) in [5, 5.41) is 0. The minimum Gasteiger partial charge on any atom is -0.461 e. The van der Waals surface area contributed by atoms with Crippen LogP contribution < -0.4 is 0 Å². The zero-order valence-corrected chi connectivity index (χ0v) is 34.8. The van der Waals surface area contributed by atoms with Crippen molar-refractivity contribution >= 4 is 20.7 Å². The van der Waals surface area contributed by atoms with Crippen LogP contribution >= 0.6 is 0 Å². The van der Waals surface area contributed by atoms with Crippen LogP contribution in [-0.2, 0) is 89.2 Å². The molecule has 19 nitrogen and oxygen atoms in total. The first kappa shape index (κ1) is 50.7. The highest BCUT2D eigenvalue weighted by Gasteiger charge is 2.43. The Morgan fingerprint density at radius 3 is 1.16 bits per heavy atom. The Kier molecular flexibility index (Phi) is 32.1. The quantitative estimate of drug-likeness (QED) is 0.123. The SMILES string of the molecule is CCO[Si](CC(COCC(=O)OCC1COCCOCCOCCOCCO1)COCC(=O)OCC1COCCOCCOCCOCCO1)(OCC)OCC. The second-order valence-electron chi connectivity index (χ2n) is 12.3. The lowest BCUT2D eigenvalue weighted by Crippen LogP contribution is -2.48. The Morgan fingerprint density at radius 1 is 0.500 bits per heavy atom. The third kappa shape index (κ3) is 27.3. The number of ether oxygens (including phenoxy) is 14. The topological polar surface area (TPSA) is 191 Å². The van der Waals surface area contributed by atoms with Crippen molar-refractivity contribution in [3.8, 4) is 0 Å². The number of rotatable bonds is 20. The fraction of sp³-hybridized carbons (Fsp3) is 0.944. The van der Waals surface area contributed by atoms with Crippen LogP contribution in [0.15, 0.2) is 0 Å². The van der Waals surface area contributed by atoms with Crippen LogP contribution in [0.2, 0.25) is 6.04 Å². The molecular weight excluding hydrogens is 764 g/mol. The van der Waals surface area contributed by atoms with Crippen molar-refractivity contribution in [3.05, 3.63) is 0 Å². The van der Waals surface area contributed by atoms with Crippen LogP contribution in [0.5, 0.6) is 0 Å². The fourth-order valence-corrected chi connectivity index (χ4v) is 8.00. The molecule has 2 heterocycles. The fourth-order valence-electron chi connectivity index (χ4n) is 5.14. The monoisotopic (exact) mass is 832 g/mol. The molecule has 0 amide bonds. The lowest BCUT2D eigenvalue weighted by atomic mass is 10.2. The minimum atomic E-state index is -3.16. The van der Waals surface area contributed by atoms with E-state index in [4.69, 9.17) is 79.6 Å². The van der Waals surface area contributed by atoms with E-state index in [-0.39, 0.29) is 58.8 Å². The van der Waals surface area contributed by atoms with E-state index in [2.05, 4.69) is 0 Å². The summed E-state index contributed by atoms with van der Waals surface area (Å²) in [6, 6.07) is 0.322. The van der Waals surface area contributed by atoms with Crippen molar-refractivity contribution in [1.29, 1.82) is 0 Å². The highest BCUT2D eigenvalue weighted by molar-refractivity contribution is 6.60. The van der Waals surface area contributed by atoms with Gasteiger partial charge in [-0.2, -0.15) is 0 Å². The second-order valence-corrected chi connectivity index (χ2v) is 14.9. The molecule has 20 heteroatoms. The first-order chi connectivity index (χ1) is 27.5. The van der Waals surface area contributed by atoms with Gasteiger partial charge in [0, 0.05) is 31.8 Å². The summed E-state index contributed by atoms with van der Waals surface area (Å²) < 4.78 is 96.4. The molecule has 2 aliphatic heterocycles. The molecule has 0 spiro atoms.